The number of hydrogen-bond donors (Lipinski definition) is 2. The van der Waals surface area contributed by atoms with E-state index in [9.17, 15) is 14.0 Å². The van der Waals surface area contributed by atoms with Gasteiger partial charge in [-0.3, -0.25) is 20.4 Å². The van der Waals surface area contributed by atoms with Crippen LogP contribution in [0.1, 0.15) is 34.5 Å². The third-order valence-electron chi connectivity index (χ3n) is 4.97. The molecule has 4 aromatic rings. The topological polar surface area (TPSA) is 119 Å². The summed E-state index contributed by atoms with van der Waals surface area (Å²) < 4.78 is 29.3. The van der Waals surface area contributed by atoms with Gasteiger partial charge in [0.2, 0.25) is 0 Å². The lowest BCUT2D eigenvalue weighted by atomic mass is 10.1. The van der Waals surface area contributed by atoms with Gasteiger partial charge in [-0.15, -0.1) is 0 Å². The average molecular weight is 452 g/mol. The minimum Gasteiger partial charge on any atom is -0.481 e. The molecular weight excluding hydrogens is 431 g/mol. The maximum Gasteiger partial charge on any atom is 0.279 e. The number of rotatable bonds is 5. The Kier molecular flexibility index (Phi) is 5.82. The van der Waals surface area contributed by atoms with Crippen LogP contribution >= 0.6 is 0 Å². The van der Waals surface area contributed by atoms with Gasteiger partial charge in [0, 0.05) is 5.56 Å². The fraction of sp³-hybridized carbons (Fsp3) is 0.217. The molecule has 0 saturated heterocycles. The molecule has 170 valence electrons. The van der Waals surface area contributed by atoms with Crippen molar-refractivity contribution in [2.75, 3.05) is 0 Å². The molecule has 0 aliphatic heterocycles. The van der Waals surface area contributed by atoms with Crippen molar-refractivity contribution in [1.82, 2.24) is 21.0 Å². The first-order valence-corrected chi connectivity index (χ1v) is 10.1. The Morgan fingerprint density at radius 2 is 1.82 bits per heavy atom. The van der Waals surface area contributed by atoms with Crippen LogP contribution in [0.15, 0.2) is 45.3 Å². The summed E-state index contributed by atoms with van der Waals surface area (Å²) in [6, 6.07) is 8.65. The number of aromatic nitrogens is 2. The van der Waals surface area contributed by atoms with Gasteiger partial charge in [0.25, 0.3) is 17.5 Å². The molecule has 33 heavy (non-hydrogen) atoms. The van der Waals surface area contributed by atoms with Crippen LogP contribution < -0.4 is 15.6 Å². The highest BCUT2D eigenvalue weighted by Gasteiger charge is 2.22. The van der Waals surface area contributed by atoms with Crippen molar-refractivity contribution in [3.63, 3.8) is 0 Å². The number of pyridine rings is 1. The van der Waals surface area contributed by atoms with E-state index in [1.807, 2.05) is 13.0 Å². The molecule has 0 bridgehead atoms. The number of fused-ring (bicyclic) bond motifs is 1. The Labute approximate surface area is 187 Å². The molecule has 0 fully saturated rings. The summed E-state index contributed by atoms with van der Waals surface area (Å²) in [7, 11) is 0. The number of amides is 2. The Morgan fingerprint density at radius 3 is 2.48 bits per heavy atom. The van der Waals surface area contributed by atoms with E-state index in [0.29, 0.717) is 39.6 Å². The molecule has 2 N–H and O–H groups in total. The van der Waals surface area contributed by atoms with Gasteiger partial charge in [-0.2, -0.15) is 0 Å². The van der Waals surface area contributed by atoms with E-state index in [1.165, 1.54) is 31.2 Å². The van der Waals surface area contributed by atoms with E-state index in [0.717, 1.165) is 0 Å². The lowest BCUT2D eigenvalue weighted by molar-refractivity contribution is -0.128. The lowest BCUT2D eigenvalue weighted by Crippen LogP contribution is -2.47. The smallest absolute Gasteiger partial charge is 0.279 e. The van der Waals surface area contributed by atoms with Crippen LogP contribution in [0.25, 0.3) is 22.4 Å². The van der Waals surface area contributed by atoms with Crippen molar-refractivity contribution >= 4 is 22.9 Å². The molecule has 1 atom stereocenters. The molecule has 0 aliphatic carbocycles. The van der Waals surface area contributed by atoms with Crippen molar-refractivity contribution < 1.29 is 27.7 Å². The second kappa shape index (κ2) is 8.73. The summed E-state index contributed by atoms with van der Waals surface area (Å²) >= 11 is 0. The molecule has 0 radical (unpaired) electrons. The van der Waals surface area contributed by atoms with Gasteiger partial charge in [0.15, 0.2) is 6.10 Å². The Balaban J connectivity index is 1.53. The SMILES string of the molecule is Cc1cc(-c2cc(C(=O)NNC(=O)C(C)Oc3ccc(F)cc3)c3c(C)noc3n2)c(C)o1. The van der Waals surface area contributed by atoms with E-state index in [4.69, 9.17) is 13.7 Å². The van der Waals surface area contributed by atoms with Gasteiger partial charge in [-0.1, -0.05) is 5.16 Å². The third-order valence-corrected chi connectivity index (χ3v) is 4.97. The lowest BCUT2D eigenvalue weighted by Gasteiger charge is -2.15. The second-order valence-electron chi connectivity index (χ2n) is 7.49. The van der Waals surface area contributed by atoms with E-state index >= 15 is 0 Å². The molecule has 0 spiro atoms. The molecule has 2 amide bonds. The summed E-state index contributed by atoms with van der Waals surface area (Å²) in [6.45, 7) is 6.80. The molecule has 0 saturated carbocycles. The van der Waals surface area contributed by atoms with Crippen LogP contribution in [0, 0.1) is 26.6 Å². The van der Waals surface area contributed by atoms with Gasteiger partial charge < -0.3 is 13.7 Å². The Morgan fingerprint density at radius 1 is 1.09 bits per heavy atom. The maximum absolute atomic E-state index is 13.0. The summed E-state index contributed by atoms with van der Waals surface area (Å²) in [4.78, 5) is 29.8. The predicted molar refractivity (Wildman–Crippen MR) is 116 cm³/mol. The van der Waals surface area contributed by atoms with Crippen LogP contribution in [0.5, 0.6) is 5.75 Å². The number of furan rings is 1. The summed E-state index contributed by atoms with van der Waals surface area (Å²) in [5, 5.41) is 4.33. The van der Waals surface area contributed by atoms with Gasteiger partial charge >= 0.3 is 0 Å². The zero-order valence-corrected chi connectivity index (χ0v) is 18.4. The molecule has 3 aromatic heterocycles. The number of nitrogens with one attached hydrogen (secondary N) is 2. The van der Waals surface area contributed by atoms with E-state index in [1.54, 1.807) is 19.9 Å². The largest absolute Gasteiger partial charge is 0.481 e. The van der Waals surface area contributed by atoms with Crippen molar-refractivity contribution in [3.05, 3.63) is 65.0 Å². The van der Waals surface area contributed by atoms with Gasteiger partial charge in [-0.25, -0.2) is 9.37 Å². The number of halogens is 1. The first kappa shape index (κ1) is 22.0. The molecule has 4 rings (SSSR count). The molecule has 10 heteroatoms. The van der Waals surface area contributed by atoms with Crippen molar-refractivity contribution in [2.24, 2.45) is 0 Å². The van der Waals surface area contributed by atoms with Crippen LogP contribution in [-0.4, -0.2) is 28.1 Å². The standard InChI is InChI=1S/C23H21FN4O5/c1-11-9-17(13(3)31-11)19-10-18(20-12(2)28-33-23(20)25-19)22(30)27-26-21(29)14(4)32-16-7-5-15(24)6-8-16/h5-10,14H,1-4H3,(H,26,29)(H,27,30). The zero-order chi connectivity index (χ0) is 23.7. The van der Waals surface area contributed by atoms with Crippen LogP contribution in [0.4, 0.5) is 4.39 Å². The fourth-order valence-electron chi connectivity index (χ4n) is 3.36. The van der Waals surface area contributed by atoms with E-state index < -0.39 is 23.7 Å². The minimum atomic E-state index is -0.947. The molecule has 0 aliphatic rings. The number of hydrogen-bond acceptors (Lipinski definition) is 7. The minimum absolute atomic E-state index is 0.188. The number of carbonyl (C=O) groups excluding carboxylic acids is 2. The number of hydrazine groups is 1. The van der Waals surface area contributed by atoms with E-state index in [2.05, 4.69) is 21.0 Å². The highest BCUT2D eigenvalue weighted by Crippen LogP contribution is 2.30. The van der Waals surface area contributed by atoms with Gasteiger partial charge in [0.1, 0.15) is 23.1 Å². The fourth-order valence-corrected chi connectivity index (χ4v) is 3.36. The predicted octanol–water partition coefficient (Wildman–Crippen LogP) is 3.78. The number of carbonyl (C=O) groups is 2. The molecule has 1 unspecified atom stereocenters. The molecule has 9 nitrogen and oxygen atoms in total. The summed E-state index contributed by atoms with van der Waals surface area (Å²) in [6.07, 6.45) is -0.947. The number of aryl methyl sites for hydroxylation is 3. The second-order valence-corrected chi connectivity index (χ2v) is 7.49. The van der Waals surface area contributed by atoms with Crippen molar-refractivity contribution in [2.45, 2.75) is 33.8 Å². The van der Waals surface area contributed by atoms with Crippen molar-refractivity contribution in [3.8, 4) is 17.0 Å². The normalized spacial score (nSPS) is 11.9. The summed E-state index contributed by atoms with van der Waals surface area (Å²) in [5.41, 5.74) is 6.79. The third kappa shape index (κ3) is 4.54. The van der Waals surface area contributed by atoms with E-state index in [-0.39, 0.29) is 11.3 Å². The number of ether oxygens (including phenoxy) is 1. The van der Waals surface area contributed by atoms with Gasteiger partial charge in [0.05, 0.1) is 22.3 Å². The zero-order valence-electron chi connectivity index (χ0n) is 18.4. The first-order chi connectivity index (χ1) is 15.7. The highest BCUT2D eigenvalue weighted by atomic mass is 19.1. The number of benzene rings is 1. The van der Waals surface area contributed by atoms with Crippen LogP contribution in [0.2, 0.25) is 0 Å². The highest BCUT2D eigenvalue weighted by molar-refractivity contribution is 6.07. The number of nitrogens with zero attached hydrogens (tertiary/aromatic N) is 2. The summed E-state index contributed by atoms with van der Waals surface area (Å²) in [5.74, 6) is 0.0570. The molecule has 3 heterocycles. The molecule has 1 aromatic carbocycles. The quantitative estimate of drug-likeness (QED) is 0.442. The maximum atomic E-state index is 13.0. The van der Waals surface area contributed by atoms with Crippen LogP contribution in [-0.2, 0) is 4.79 Å². The average Bonchev–Trinajstić information content (AvgIpc) is 3.33. The van der Waals surface area contributed by atoms with Crippen molar-refractivity contribution in [1.29, 1.82) is 0 Å². The van der Waals surface area contributed by atoms with Crippen LogP contribution in [0.3, 0.4) is 0 Å². The Bertz CT molecular complexity index is 1340. The monoisotopic (exact) mass is 452 g/mol. The molecular formula is C23H21FN4O5. The van der Waals surface area contributed by atoms with Gasteiger partial charge in [-0.05, 0) is 64.1 Å². The first-order valence-electron chi connectivity index (χ1n) is 10.1. The Hall–Kier alpha value is -4.21.